The molecule has 4 rings (SSSR count). The number of nitrogens with zero attached hydrogens (tertiary/aromatic N) is 2. The molecule has 0 N–H and O–H groups in total. The fraction of sp³-hybridized carbons (Fsp3) is 0.400. The van der Waals surface area contributed by atoms with Gasteiger partial charge in [-0.3, -0.25) is 9.59 Å². The number of anilines is 1. The molecule has 2 aliphatic heterocycles. The van der Waals surface area contributed by atoms with Gasteiger partial charge in [0.15, 0.2) is 0 Å². The topological polar surface area (TPSA) is 49.9 Å². The van der Waals surface area contributed by atoms with Crippen LogP contribution in [0.1, 0.15) is 22.9 Å². The molecule has 1 aromatic carbocycles. The van der Waals surface area contributed by atoms with Crippen molar-refractivity contribution < 1.29 is 14.3 Å². The van der Waals surface area contributed by atoms with Gasteiger partial charge in [0.2, 0.25) is 11.8 Å². The van der Waals surface area contributed by atoms with Gasteiger partial charge in [0.1, 0.15) is 0 Å². The summed E-state index contributed by atoms with van der Waals surface area (Å²) in [5.74, 6) is -0.269. The third-order valence-corrected chi connectivity index (χ3v) is 6.05. The number of aryl methyl sites for hydroxylation is 1. The Bertz CT molecular complexity index is 782. The molecule has 0 aliphatic carbocycles. The van der Waals surface area contributed by atoms with Gasteiger partial charge in [-0.1, -0.05) is 23.8 Å². The van der Waals surface area contributed by atoms with Crippen LogP contribution < -0.4 is 4.90 Å². The lowest BCUT2D eigenvalue weighted by molar-refractivity contribution is -0.140. The average Bonchev–Trinajstić information content (AvgIpc) is 3.30. The van der Waals surface area contributed by atoms with E-state index in [1.54, 1.807) is 11.3 Å². The van der Waals surface area contributed by atoms with E-state index in [-0.39, 0.29) is 30.2 Å². The lowest BCUT2D eigenvalue weighted by atomic mass is 9.96. The van der Waals surface area contributed by atoms with Crippen molar-refractivity contribution in [1.82, 2.24) is 4.90 Å². The Kier molecular flexibility index (Phi) is 4.78. The lowest BCUT2D eigenvalue weighted by Crippen LogP contribution is -2.45. The first kappa shape index (κ1) is 17.2. The molecule has 0 radical (unpaired) electrons. The molecule has 2 atom stereocenters. The van der Waals surface area contributed by atoms with E-state index in [2.05, 4.69) is 0 Å². The molecule has 2 saturated heterocycles. The molecule has 5 nitrogen and oxygen atoms in total. The Morgan fingerprint density at radius 1 is 1.15 bits per heavy atom. The van der Waals surface area contributed by atoms with Crippen LogP contribution in [0.25, 0.3) is 0 Å². The number of carbonyl (C=O) groups is 2. The first-order chi connectivity index (χ1) is 12.6. The highest BCUT2D eigenvalue weighted by atomic mass is 32.1. The number of morpholine rings is 1. The molecule has 6 heteroatoms. The van der Waals surface area contributed by atoms with E-state index in [0.717, 1.165) is 16.1 Å². The molecule has 2 aliphatic rings. The zero-order valence-electron chi connectivity index (χ0n) is 14.8. The van der Waals surface area contributed by atoms with Crippen LogP contribution in [0.5, 0.6) is 0 Å². The quantitative estimate of drug-likeness (QED) is 0.835. The summed E-state index contributed by atoms with van der Waals surface area (Å²) in [4.78, 5) is 30.8. The van der Waals surface area contributed by atoms with Crippen LogP contribution in [0.4, 0.5) is 5.69 Å². The van der Waals surface area contributed by atoms with Crippen molar-refractivity contribution in [1.29, 1.82) is 0 Å². The van der Waals surface area contributed by atoms with E-state index < -0.39 is 0 Å². The maximum absolute atomic E-state index is 13.2. The monoisotopic (exact) mass is 370 g/mol. The van der Waals surface area contributed by atoms with Crippen molar-refractivity contribution in [2.45, 2.75) is 19.4 Å². The normalized spacial score (nSPS) is 23.5. The van der Waals surface area contributed by atoms with Crippen LogP contribution in [0, 0.1) is 12.8 Å². The van der Waals surface area contributed by atoms with Gasteiger partial charge in [0.05, 0.1) is 25.2 Å². The Hall–Kier alpha value is -2.18. The first-order valence-electron chi connectivity index (χ1n) is 8.94. The molecule has 26 heavy (non-hydrogen) atoms. The van der Waals surface area contributed by atoms with Crippen molar-refractivity contribution in [3.05, 3.63) is 52.2 Å². The fourth-order valence-corrected chi connectivity index (χ4v) is 4.65. The van der Waals surface area contributed by atoms with Crippen LogP contribution in [-0.4, -0.2) is 43.0 Å². The molecular weight excluding hydrogens is 348 g/mol. The van der Waals surface area contributed by atoms with E-state index in [4.69, 9.17) is 4.74 Å². The summed E-state index contributed by atoms with van der Waals surface area (Å²) in [5.41, 5.74) is 2.00. The van der Waals surface area contributed by atoms with Gasteiger partial charge in [0.25, 0.3) is 0 Å². The molecule has 0 bridgehead atoms. The second kappa shape index (κ2) is 7.21. The summed E-state index contributed by atoms with van der Waals surface area (Å²) in [7, 11) is 0. The summed E-state index contributed by atoms with van der Waals surface area (Å²) in [6, 6.07) is 11.7. The van der Waals surface area contributed by atoms with Crippen LogP contribution >= 0.6 is 11.3 Å². The molecule has 136 valence electrons. The SMILES string of the molecule is Cc1ccc(N2C(=O)CC(C(=O)N3CCOCC3)C2c2cccs2)cc1. The Morgan fingerprint density at radius 2 is 1.88 bits per heavy atom. The molecule has 2 unspecified atom stereocenters. The van der Waals surface area contributed by atoms with E-state index in [9.17, 15) is 9.59 Å². The number of hydrogen-bond donors (Lipinski definition) is 0. The zero-order chi connectivity index (χ0) is 18.1. The van der Waals surface area contributed by atoms with Gasteiger partial charge in [0, 0.05) is 30.1 Å². The van der Waals surface area contributed by atoms with Gasteiger partial charge in [-0.15, -0.1) is 11.3 Å². The number of amides is 2. The van der Waals surface area contributed by atoms with Crippen molar-refractivity contribution in [2.24, 2.45) is 5.92 Å². The number of hydrogen-bond acceptors (Lipinski definition) is 4. The summed E-state index contributed by atoms with van der Waals surface area (Å²) in [6.07, 6.45) is 0.257. The number of rotatable bonds is 3. The summed E-state index contributed by atoms with van der Waals surface area (Å²) >= 11 is 1.60. The minimum absolute atomic E-state index is 0.0128. The third kappa shape index (κ3) is 3.15. The number of benzene rings is 1. The maximum Gasteiger partial charge on any atom is 0.228 e. The van der Waals surface area contributed by atoms with E-state index >= 15 is 0 Å². The Balaban J connectivity index is 1.69. The van der Waals surface area contributed by atoms with Crippen LogP contribution in [0.3, 0.4) is 0 Å². The number of carbonyl (C=O) groups excluding carboxylic acids is 2. The van der Waals surface area contributed by atoms with Crippen molar-refractivity contribution in [3.63, 3.8) is 0 Å². The van der Waals surface area contributed by atoms with Crippen molar-refractivity contribution >= 4 is 28.8 Å². The standard InChI is InChI=1S/C20H22N2O3S/c1-14-4-6-15(7-5-14)22-18(23)13-16(19(22)17-3-2-12-26-17)20(24)21-8-10-25-11-9-21/h2-7,12,16,19H,8-11,13H2,1H3. The second-order valence-corrected chi connectivity index (χ2v) is 7.79. The molecule has 3 heterocycles. The van der Waals surface area contributed by atoms with Gasteiger partial charge in [-0.2, -0.15) is 0 Å². The van der Waals surface area contributed by atoms with E-state index in [0.29, 0.717) is 26.3 Å². The highest BCUT2D eigenvalue weighted by Crippen LogP contribution is 2.43. The predicted octanol–water partition coefficient (Wildman–Crippen LogP) is 3.01. The number of ether oxygens (including phenoxy) is 1. The highest BCUT2D eigenvalue weighted by Gasteiger charge is 2.47. The second-order valence-electron chi connectivity index (χ2n) is 6.81. The molecule has 2 amide bonds. The van der Waals surface area contributed by atoms with Crippen molar-refractivity contribution in [3.8, 4) is 0 Å². The molecule has 2 aromatic rings. The lowest BCUT2D eigenvalue weighted by Gasteiger charge is -2.32. The molecule has 0 spiro atoms. The van der Waals surface area contributed by atoms with Gasteiger partial charge in [-0.25, -0.2) is 0 Å². The molecule has 2 fully saturated rings. The minimum atomic E-state index is -0.347. The van der Waals surface area contributed by atoms with E-state index in [1.807, 2.05) is 58.5 Å². The third-order valence-electron chi connectivity index (χ3n) is 5.11. The molecule has 0 saturated carbocycles. The highest BCUT2D eigenvalue weighted by molar-refractivity contribution is 7.10. The maximum atomic E-state index is 13.2. The fourth-order valence-electron chi connectivity index (χ4n) is 3.77. The average molecular weight is 370 g/mol. The largest absolute Gasteiger partial charge is 0.378 e. The van der Waals surface area contributed by atoms with Gasteiger partial charge in [-0.05, 0) is 30.5 Å². The van der Waals surface area contributed by atoms with Gasteiger partial charge < -0.3 is 14.5 Å². The van der Waals surface area contributed by atoms with E-state index in [1.165, 1.54) is 0 Å². The van der Waals surface area contributed by atoms with Crippen LogP contribution in [0.15, 0.2) is 41.8 Å². The number of thiophene rings is 1. The van der Waals surface area contributed by atoms with Crippen LogP contribution in [0.2, 0.25) is 0 Å². The molecule has 1 aromatic heterocycles. The zero-order valence-corrected chi connectivity index (χ0v) is 15.6. The smallest absolute Gasteiger partial charge is 0.228 e. The predicted molar refractivity (Wildman–Crippen MR) is 101 cm³/mol. The van der Waals surface area contributed by atoms with Crippen molar-refractivity contribution in [2.75, 3.05) is 31.2 Å². The molecular formula is C20H22N2O3S. The summed E-state index contributed by atoms with van der Waals surface area (Å²) < 4.78 is 5.37. The summed E-state index contributed by atoms with van der Waals surface area (Å²) in [6.45, 7) is 4.36. The Morgan fingerprint density at radius 3 is 2.54 bits per heavy atom. The van der Waals surface area contributed by atoms with Crippen LogP contribution in [-0.2, 0) is 14.3 Å². The minimum Gasteiger partial charge on any atom is -0.378 e. The summed E-state index contributed by atoms with van der Waals surface area (Å²) in [5, 5.41) is 2.00. The Labute approximate surface area is 157 Å². The first-order valence-corrected chi connectivity index (χ1v) is 9.82. The van der Waals surface area contributed by atoms with Gasteiger partial charge >= 0.3 is 0 Å².